The molecule has 25 heavy (non-hydrogen) atoms. The summed E-state index contributed by atoms with van der Waals surface area (Å²) in [6.45, 7) is 5.76. The largest absolute Gasteiger partial charge is 0.376 e. The third-order valence-corrected chi connectivity index (χ3v) is 4.78. The fourth-order valence-corrected chi connectivity index (χ4v) is 3.42. The zero-order valence-electron chi connectivity index (χ0n) is 15.5. The molecule has 1 aromatic carbocycles. The van der Waals surface area contributed by atoms with E-state index in [0.717, 1.165) is 31.5 Å². The van der Waals surface area contributed by atoms with Gasteiger partial charge in [-0.05, 0) is 44.4 Å². The molecule has 2 N–H and O–H groups in total. The number of benzene rings is 1. The Morgan fingerprint density at radius 1 is 1.16 bits per heavy atom. The van der Waals surface area contributed by atoms with Crippen LogP contribution in [0.15, 0.2) is 24.3 Å². The predicted molar refractivity (Wildman–Crippen MR) is 102 cm³/mol. The zero-order valence-corrected chi connectivity index (χ0v) is 15.5. The highest BCUT2D eigenvalue weighted by atomic mass is 16.2. The molecule has 0 atom stereocenters. The Morgan fingerprint density at radius 3 is 2.60 bits per heavy atom. The summed E-state index contributed by atoms with van der Waals surface area (Å²) >= 11 is 0. The second kappa shape index (κ2) is 10.1. The first kappa shape index (κ1) is 19.3. The van der Waals surface area contributed by atoms with E-state index in [1.165, 1.54) is 19.3 Å². The normalized spacial score (nSPS) is 14.8. The van der Waals surface area contributed by atoms with Gasteiger partial charge in [0.05, 0.1) is 6.54 Å². The van der Waals surface area contributed by atoms with Crippen molar-refractivity contribution in [3.63, 3.8) is 0 Å². The summed E-state index contributed by atoms with van der Waals surface area (Å²) in [5, 5.41) is 6.05. The topological polar surface area (TPSA) is 61.4 Å². The Bertz CT molecular complexity index is 568. The molecule has 1 aliphatic carbocycles. The van der Waals surface area contributed by atoms with Crippen LogP contribution in [0.1, 0.15) is 62.7 Å². The summed E-state index contributed by atoms with van der Waals surface area (Å²) in [5.41, 5.74) is 1.42. The van der Waals surface area contributed by atoms with Crippen molar-refractivity contribution >= 4 is 17.5 Å². The lowest BCUT2D eigenvalue weighted by Gasteiger charge is -2.33. The monoisotopic (exact) mass is 345 g/mol. The molecule has 1 saturated carbocycles. The van der Waals surface area contributed by atoms with Gasteiger partial charge in [-0.2, -0.15) is 0 Å². The Labute approximate surface area is 151 Å². The van der Waals surface area contributed by atoms with Crippen LogP contribution >= 0.6 is 0 Å². The van der Waals surface area contributed by atoms with Gasteiger partial charge in [-0.25, -0.2) is 0 Å². The van der Waals surface area contributed by atoms with Crippen LogP contribution in [0.2, 0.25) is 0 Å². The Hall–Kier alpha value is -2.04. The maximum absolute atomic E-state index is 12.6. The molecule has 2 rings (SSSR count). The van der Waals surface area contributed by atoms with Crippen LogP contribution < -0.4 is 10.6 Å². The zero-order chi connectivity index (χ0) is 18.1. The summed E-state index contributed by atoms with van der Waals surface area (Å²) in [4.78, 5) is 26.6. The number of carbonyl (C=O) groups excluding carboxylic acids is 2. The molecule has 0 aromatic heterocycles. The lowest BCUT2D eigenvalue weighted by Crippen LogP contribution is -2.43. The van der Waals surface area contributed by atoms with Crippen LogP contribution in [0.4, 0.5) is 5.69 Å². The van der Waals surface area contributed by atoms with E-state index >= 15 is 0 Å². The first-order chi connectivity index (χ1) is 12.2. The SMILES string of the molecule is CCCNC(=O)c1cccc(NCC(=O)N(CC)C2CCCCC2)c1. The molecule has 0 radical (unpaired) electrons. The summed E-state index contributed by atoms with van der Waals surface area (Å²) in [6, 6.07) is 7.71. The van der Waals surface area contributed by atoms with Crippen LogP contribution in [0.3, 0.4) is 0 Å². The molecule has 0 spiro atoms. The molecule has 0 bridgehead atoms. The molecule has 0 heterocycles. The van der Waals surface area contributed by atoms with E-state index in [-0.39, 0.29) is 18.4 Å². The number of likely N-dealkylation sites (N-methyl/N-ethyl adjacent to an activating group) is 1. The highest BCUT2D eigenvalue weighted by molar-refractivity contribution is 5.95. The standard InChI is InChI=1S/C20H31N3O2/c1-3-13-21-20(25)16-9-8-10-17(14-16)22-15-19(24)23(4-2)18-11-6-5-7-12-18/h8-10,14,18,22H,3-7,11-13,15H2,1-2H3,(H,21,25). The van der Waals surface area contributed by atoms with E-state index in [1.54, 1.807) is 12.1 Å². The summed E-state index contributed by atoms with van der Waals surface area (Å²) < 4.78 is 0. The summed E-state index contributed by atoms with van der Waals surface area (Å²) in [6.07, 6.45) is 6.87. The minimum Gasteiger partial charge on any atom is -0.376 e. The van der Waals surface area contributed by atoms with Gasteiger partial charge in [-0.1, -0.05) is 32.3 Å². The van der Waals surface area contributed by atoms with Crippen molar-refractivity contribution in [2.45, 2.75) is 58.4 Å². The number of carbonyl (C=O) groups is 2. The predicted octanol–water partition coefficient (Wildman–Crippen LogP) is 3.42. The fraction of sp³-hybridized carbons (Fsp3) is 0.600. The van der Waals surface area contributed by atoms with Crippen molar-refractivity contribution in [3.8, 4) is 0 Å². The van der Waals surface area contributed by atoms with E-state index in [4.69, 9.17) is 0 Å². The molecule has 138 valence electrons. The lowest BCUT2D eigenvalue weighted by atomic mass is 9.94. The molecular formula is C20H31N3O2. The lowest BCUT2D eigenvalue weighted by molar-refractivity contribution is -0.132. The number of hydrogen-bond acceptors (Lipinski definition) is 3. The van der Waals surface area contributed by atoms with Crippen molar-refractivity contribution in [2.24, 2.45) is 0 Å². The quantitative estimate of drug-likeness (QED) is 0.759. The van der Waals surface area contributed by atoms with Gasteiger partial charge in [0.25, 0.3) is 5.91 Å². The van der Waals surface area contributed by atoms with E-state index < -0.39 is 0 Å². The first-order valence-electron chi connectivity index (χ1n) is 9.57. The molecule has 5 heteroatoms. The van der Waals surface area contributed by atoms with Crippen LogP contribution in [0.25, 0.3) is 0 Å². The number of anilines is 1. The van der Waals surface area contributed by atoms with E-state index in [0.29, 0.717) is 18.2 Å². The number of nitrogens with one attached hydrogen (secondary N) is 2. The molecule has 2 amide bonds. The minimum absolute atomic E-state index is 0.0748. The molecule has 1 aliphatic rings. The van der Waals surface area contributed by atoms with Crippen molar-refractivity contribution in [1.29, 1.82) is 0 Å². The molecule has 0 saturated heterocycles. The van der Waals surface area contributed by atoms with Gasteiger partial charge in [-0.3, -0.25) is 9.59 Å². The highest BCUT2D eigenvalue weighted by Crippen LogP contribution is 2.22. The van der Waals surface area contributed by atoms with Crippen molar-refractivity contribution in [3.05, 3.63) is 29.8 Å². The van der Waals surface area contributed by atoms with Gasteiger partial charge in [0.2, 0.25) is 5.91 Å². The third-order valence-electron chi connectivity index (χ3n) is 4.78. The third kappa shape index (κ3) is 5.76. The molecule has 1 fully saturated rings. The van der Waals surface area contributed by atoms with E-state index in [2.05, 4.69) is 10.6 Å². The molecular weight excluding hydrogens is 314 g/mol. The molecule has 1 aromatic rings. The van der Waals surface area contributed by atoms with Crippen molar-refractivity contribution in [2.75, 3.05) is 25.0 Å². The Kier molecular flexibility index (Phi) is 7.76. The molecule has 0 unspecified atom stereocenters. The van der Waals surface area contributed by atoms with Crippen LogP contribution in [0.5, 0.6) is 0 Å². The van der Waals surface area contributed by atoms with Gasteiger partial charge in [-0.15, -0.1) is 0 Å². The molecule has 5 nitrogen and oxygen atoms in total. The smallest absolute Gasteiger partial charge is 0.251 e. The second-order valence-corrected chi connectivity index (χ2v) is 6.66. The van der Waals surface area contributed by atoms with Gasteiger partial charge >= 0.3 is 0 Å². The maximum Gasteiger partial charge on any atom is 0.251 e. The Morgan fingerprint density at radius 2 is 1.92 bits per heavy atom. The van der Waals surface area contributed by atoms with Crippen molar-refractivity contribution in [1.82, 2.24) is 10.2 Å². The summed E-state index contributed by atoms with van der Waals surface area (Å²) in [7, 11) is 0. The maximum atomic E-state index is 12.6. The fourth-order valence-electron chi connectivity index (χ4n) is 3.42. The van der Waals surface area contributed by atoms with Gasteiger partial charge < -0.3 is 15.5 Å². The van der Waals surface area contributed by atoms with E-state index in [1.807, 2.05) is 30.9 Å². The highest BCUT2D eigenvalue weighted by Gasteiger charge is 2.23. The second-order valence-electron chi connectivity index (χ2n) is 6.66. The number of amides is 2. The summed E-state index contributed by atoms with van der Waals surface area (Å²) in [5.74, 6) is 0.0597. The minimum atomic E-state index is -0.0748. The van der Waals surface area contributed by atoms with Gasteiger partial charge in [0.15, 0.2) is 0 Å². The average molecular weight is 345 g/mol. The van der Waals surface area contributed by atoms with Gasteiger partial charge in [0, 0.05) is 30.4 Å². The number of nitrogens with zero attached hydrogens (tertiary/aromatic N) is 1. The van der Waals surface area contributed by atoms with Gasteiger partial charge in [0.1, 0.15) is 0 Å². The average Bonchev–Trinajstić information content (AvgIpc) is 2.66. The van der Waals surface area contributed by atoms with E-state index in [9.17, 15) is 9.59 Å². The van der Waals surface area contributed by atoms with Crippen LogP contribution in [0, 0.1) is 0 Å². The number of hydrogen-bond donors (Lipinski definition) is 2. The molecule has 0 aliphatic heterocycles. The number of rotatable bonds is 8. The van der Waals surface area contributed by atoms with Crippen molar-refractivity contribution < 1.29 is 9.59 Å². The Balaban J connectivity index is 1.91. The van der Waals surface area contributed by atoms with Crippen LogP contribution in [-0.4, -0.2) is 42.4 Å². The first-order valence-corrected chi connectivity index (χ1v) is 9.57. The van der Waals surface area contributed by atoms with Crippen LogP contribution in [-0.2, 0) is 4.79 Å².